The first kappa shape index (κ1) is 21.6. The van der Waals surface area contributed by atoms with Crippen LogP contribution in [-0.4, -0.2) is 37.4 Å². The van der Waals surface area contributed by atoms with Crippen LogP contribution in [0.15, 0.2) is 48.5 Å². The number of hydrogen-bond acceptors (Lipinski definition) is 4. The molecule has 0 bridgehead atoms. The lowest BCUT2D eigenvalue weighted by molar-refractivity contribution is -0.117. The van der Waals surface area contributed by atoms with Crippen LogP contribution in [0.1, 0.15) is 48.0 Å². The van der Waals surface area contributed by atoms with Gasteiger partial charge in [-0.05, 0) is 67.7 Å². The highest BCUT2D eigenvalue weighted by Crippen LogP contribution is 2.30. The average Bonchev–Trinajstić information content (AvgIpc) is 3.24. The minimum absolute atomic E-state index is 0.148. The Morgan fingerprint density at radius 2 is 1.69 bits per heavy atom. The van der Waals surface area contributed by atoms with Gasteiger partial charge in [0.25, 0.3) is 0 Å². The Morgan fingerprint density at radius 3 is 2.34 bits per heavy atom. The first-order chi connectivity index (χ1) is 15.5. The molecule has 2 aliphatic rings. The second-order valence-corrected chi connectivity index (χ2v) is 8.21. The Hall–Kier alpha value is -3.61. The molecule has 2 fully saturated rings. The molecule has 0 aromatic heterocycles. The van der Waals surface area contributed by atoms with E-state index in [0.29, 0.717) is 17.7 Å². The van der Waals surface area contributed by atoms with Crippen molar-refractivity contribution in [2.45, 2.75) is 32.1 Å². The lowest BCUT2D eigenvalue weighted by Crippen LogP contribution is -2.30. The van der Waals surface area contributed by atoms with Crippen molar-refractivity contribution in [2.24, 2.45) is 5.73 Å². The normalized spacial score (nSPS) is 16.6. The summed E-state index contributed by atoms with van der Waals surface area (Å²) < 4.78 is 0. The van der Waals surface area contributed by atoms with E-state index in [0.717, 1.165) is 55.8 Å². The number of amides is 3. The monoisotopic (exact) mass is 432 g/mol. The van der Waals surface area contributed by atoms with Crippen LogP contribution in [-0.2, 0) is 9.59 Å². The zero-order chi connectivity index (χ0) is 22.5. The van der Waals surface area contributed by atoms with Gasteiger partial charge in [-0.1, -0.05) is 12.1 Å². The van der Waals surface area contributed by atoms with Crippen molar-refractivity contribution in [1.82, 2.24) is 0 Å². The van der Waals surface area contributed by atoms with Gasteiger partial charge < -0.3 is 20.9 Å². The maximum absolute atomic E-state index is 12.6. The molecule has 0 spiro atoms. The number of primary amides is 1. The van der Waals surface area contributed by atoms with E-state index in [-0.39, 0.29) is 11.8 Å². The Labute approximate surface area is 187 Å². The first-order valence-corrected chi connectivity index (χ1v) is 11.1. The molecule has 0 atom stereocenters. The average molecular weight is 433 g/mol. The summed E-state index contributed by atoms with van der Waals surface area (Å²) in [6.07, 6.45) is 8.07. The summed E-state index contributed by atoms with van der Waals surface area (Å²) in [6.45, 7) is 2.58. The number of piperidine rings is 1. The van der Waals surface area contributed by atoms with E-state index in [9.17, 15) is 14.4 Å². The first-order valence-electron chi connectivity index (χ1n) is 11.1. The maximum atomic E-state index is 12.6. The van der Waals surface area contributed by atoms with E-state index in [1.807, 2.05) is 30.3 Å². The Balaban J connectivity index is 1.47. The van der Waals surface area contributed by atoms with Crippen molar-refractivity contribution in [2.75, 3.05) is 34.8 Å². The van der Waals surface area contributed by atoms with E-state index in [2.05, 4.69) is 10.2 Å². The Kier molecular flexibility index (Phi) is 6.54. The molecule has 2 aliphatic heterocycles. The number of nitrogens with two attached hydrogens (primary N) is 1. The van der Waals surface area contributed by atoms with Gasteiger partial charge in [-0.3, -0.25) is 14.4 Å². The molecule has 3 amide bonds. The molecule has 2 heterocycles. The molecule has 0 aliphatic carbocycles. The van der Waals surface area contributed by atoms with Crippen LogP contribution < -0.4 is 20.9 Å². The van der Waals surface area contributed by atoms with Gasteiger partial charge in [0, 0.05) is 43.4 Å². The van der Waals surface area contributed by atoms with E-state index in [1.54, 1.807) is 23.1 Å². The number of hydrogen-bond donors (Lipinski definition) is 2. The highest BCUT2D eigenvalue weighted by Gasteiger charge is 2.21. The number of benzene rings is 2. The van der Waals surface area contributed by atoms with E-state index in [1.165, 1.54) is 12.5 Å². The number of anilines is 3. The minimum Gasteiger partial charge on any atom is -0.370 e. The van der Waals surface area contributed by atoms with Gasteiger partial charge in [0.15, 0.2) is 0 Å². The van der Waals surface area contributed by atoms with Crippen LogP contribution in [0, 0.1) is 0 Å². The summed E-state index contributed by atoms with van der Waals surface area (Å²) in [6, 6.07) is 12.7. The van der Waals surface area contributed by atoms with Crippen molar-refractivity contribution >= 4 is 40.9 Å². The van der Waals surface area contributed by atoms with Crippen LogP contribution >= 0.6 is 0 Å². The van der Waals surface area contributed by atoms with E-state index >= 15 is 0 Å². The molecule has 3 N–H and O–H groups in total. The molecule has 166 valence electrons. The zero-order valence-electron chi connectivity index (χ0n) is 18.0. The highest BCUT2D eigenvalue weighted by atomic mass is 16.2. The number of rotatable bonds is 6. The number of nitrogens with one attached hydrogen (secondary N) is 1. The molecule has 4 rings (SSSR count). The largest absolute Gasteiger partial charge is 0.370 e. The molecule has 2 aromatic rings. The lowest BCUT2D eigenvalue weighted by Gasteiger charge is -2.30. The van der Waals surface area contributed by atoms with Crippen molar-refractivity contribution in [3.8, 4) is 0 Å². The maximum Gasteiger partial charge on any atom is 0.248 e. The van der Waals surface area contributed by atoms with Crippen molar-refractivity contribution in [3.05, 3.63) is 59.7 Å². The van der Waals surface area contributed by atoms with E-state index in [4.69, 9.17) is 5.73 Å². The fourth-order valence-electron chi connectivity index (χ4n) is 4.23. The van der Waals surface area contributed by atoms with Gasteiger partial charge >= 0.3 is 0 Å². The molecule has 0 saturated carbocycles. The quantitative estimate of drug-likeness (QED) is 0.683. The molecule has 32 heavy (non-hydrogen) atoms. The summed E-state index contributed by atoms with van der Waals surface area (Å²) >= 11 is 0. The van der Waals surface area contributed by atoms with Gasteiger partial charge in [-0.25, -0.2) is 0 Å². The fraction of sp³-hybridized carbons (Fsp3) is 0.320. The zero-order valence-corrected chi connectivity index (χ0v) is 18.0. The predicted octanol–water partition coefficient (Wildman–Crippen LogP) is 3.55. The number of carbonyl (C=O) groups excluding carboxylic acids is 3. The SMILES string of the molecule is NC(=O)c1ccc(N2CCCCC2)c(NC(=O)/C=C/c2ccc(N3CCCC3=O)cc2)c1. The van der Waals surface area contributed by atoms with Crippen LogP contribution in [0.2, 0.25) is 0 Å². The summed E-state index contributed by atoms with van der Waals surface area (Å²) in [7, 11) is 0. The second-order valence-electron chi connectivity index (χ2n) is 8.21. The second kappa shape index (κ2) is 9.68. The third kappa shape index (κ3) is 4.99. The standard InChI is InChI=1S/C25H28N4O3/c26-25(32)19-9-12-22(28-14-2-1-3-15-28)21(17-19)27-23(30)13-8-18-6-10-20(11-7-18)29-16-4-5-24(29)31/h6-13,17H,1-5,14-16H2,(H2,26,32)(H,27,30)/b13-8+. The highest BCUT2D eigenvalue weighted by molar-refractivity contribution is 6.05. The molecule has 7 nitrogen and oxygen atoms in total. The summed E-state index contributed by atoms with van der Waals surface area (Å²) in [4.78, 5) is 40.2. The summed E-state index contributed by atoms with van der Waals surface area (Å²) in [5, 5.41) is 2.91. The van der Waals surface area contributed by atoms with Crippen LogP contribution in [0.4, 0.5) is 17.1 Å². The third-order valence-electron chi connectivity index (χ3n) is 5.94. The van der Waals surface area contributed by atoms with Crippen LogP contribution in [0.25, 0.3) is 6.08 Å². The molecular weight excluding hydrogens is 404 g/mol. The van der Waals surface area contributed by atoms with Crippen LogP contribution in [0.5, 0.6) is 0 Å². The minimum atomic E-state index is -0.530. The van der Waals surface area contributed by atoms with Crippen molar-refractivity contribution in [1.29, 1.82) is 0 Å². The Morgan fingerprint density at radius 1 is 0.938 bits per heavy atom. The van der Waals surface area contributed by atoms with Gasteiger partial charge in [0.2, 0.25) is 17.7 Å². The summed E-state index contributed by atoms with van der Waals surface area (Å²) in [5.74, 6) is -0.670. The van der Waals surface area contributed by atoms with Gasteiger partial charge in [-0.2, -0.15) is 0 Å². The molecule has 7 heteroatoms. The van der Waals surface area contributed by atoms with Gasteiger partial charge in [-0.15, -0.1) is 0 Å². The Bertz CT molecular complexity index is 1040. The predicted molar refractivity (Wildman–Crippen MR) is 127 cm³/mol. The van der Waals surface area contributed by atoms with Crippen molar-refractivity contribution in [3.63, 3.8) is 0 Å². The number of carbonyl (C=O) groups is 3. The fourth-order valence-corrected chi connectivity index (χ4v) is 4.23. The van der Waals surface area contributed by atoms with Crippen molar-refractivity contribution < 1.29 is 14.4 Å². The molecule has 0 unspecified atom stereocenters. The van der Waals surface area contributed by atoms with Crippen LogP contribution in [0.3, 0.4) is 0 Å². The van der Waals surface area contributed by atoms with Gasteiger partial charge in [0.05, 0.1) is 11.4 Å². The topological polar surface area (TPSA) is 95.7 Å². The molecular formula is C25H28N4O3. The molecule has 0 radical (unpaired) electrons. The lowest BCUT2D eigenvalue weighted by atomic mass is 10.1. The third-order valence-corrected chi connectivity index (χ3v) is 5.94. The van der Waals surface area contributed by atoms with E-state index < -0.39 is 5.91 Å². The number of nitrogens with zero attached hydrogens (tertiary/aromatic N) is 2. The molecule has 2 aromatic carbocycles. The summed E-state index contributed by atoms with van der Waals surface area (Å²) in [5.41, 5.74) is 9.02. The van der Waals surface area contributed by atoms with Gasteiger partial charge in [0.1, 0.15) is 0 Å². The smallest absolute Gasteiger partial charge is 0.248 e. The molecule has 2 saturated heterocycles.